The van der Waals surface area contributed by atoms with Crippen molar-refractivity contribution in [3.8, 4) is 11.5 Å². The van der Waals surface area contributed by atoms with E-state index in [-0.39, 0.29) is 24.0 Å². The largest absolute Gasteiger partial charge is 0.493 e. The molecule has 9 heteroatoms. The van der Waals surface area contributed by atoms with Crippen molar-refractivity contribution in [1.82, 2.24) is 25.4 Å². The number of guanidine groups is 1. The molecule has 1 aromatic carbocycles. The Morgan fingerprint density at radius 1 is 1.20 bits per heavy atom. The fourth-order valence-corrected chi connectivity index (χ4v) is 3.60. The molecule has 0 bridgehead atoms. The number of nitrogens with zero attached hydrogens (tertiary/aromatic N) is 4. The molecular formula is C21H33IN6O2. The molecule has 1 heterocycles. The first-order chi connectivity index (χ1) is 14.2. The molecule has 166 valence electrons. The Morgan fingerprint density at radius 3 is 2.67 bits per heavy atom. The number of methoxy groups -OCH3 is 2. The predicted octanol–water partition coefficient (Wildman–Crippen LogP) is 3.15. The van der Waals surface area contributed by atoms with Gasteiger partial charge in [-0.3, -0.25) is 0 Å². The molecule has 0 radical (unpaired) electrons. The highest BCUT2D eigenvalue weighted by Crippen LogP contribution is 2.27. The van der Waals surface area contributed by atoms with E-state index in [2.05, 4.69) is 32.3 Å². The number of ether oxygens (including phenoxy) is 2. The maximum atomic E-state index is 5.40. The summed E-state index contributed by atoms with van der Waals surface area (Å²) in [7, 11) is 3.29. The Bertz CT molecular complexity index is 805. The molecule has 0 spiro atoms. The van der Waals surface area contributed by atoms with Crippen LogP contribution >= 0.6 is 24.0 Å². The first-order valence-corrected chi connectivity index (χ1v) is 10.4. The lowest BCUT2D eigenvalue weighted by Gasteiger charge is -2.18. The topological polar surface area (TPSA) is 85.6 Å². The fourth-order valence-electron chi connectivity index (χ4n) is 3.60. The summed E-state index contributed by atoms with van der Waals surface area (Å²) in [5.74, 6) is 3.29. The quantitative estimate of drug-likeness (QED) is 0.296. The minimum absolute atomic E-state index is 0. The highest BCUT2D eigenvalue weighted by molar-refractivity contribution is 14.0. The van der Waals surface area contributed by atoms with Gasteiger partial charge >= 0.3 is 0 Å². The second-order valence-corrected chi connectivity index (χ2v) is 7.20. The van der Waals surface area contributed by atoms with Crippen molar-refractivity contribution >= 4 is 29.9 Å². The van der Waals surface area contributed by atoms with Crippen molar-refractivity contribution in [1.29, 1.82) is 0 Å². The minimum atomic E-state index is 0. The second kappa shape index (κ2) is 12.6. The van der Waals surface area contributed by atoms with Gasteiger partial charge in [0, 0.05) is 25.6 Å². The highest BCUT2D eigenvalue weighted by Gasteiger charge is 2.16. The van der Waals surface area contributed by atoms with Gasteiger partial charge in [-0.25, -0.2) is 4.99 Å². The van der Waals surface area contributed by atoms with E-state index in [4.69, 9.17) is 14.5 Å². The first kappa shape index (κ1) is 24.2. The molecule has 30 heavy (non-hydrogen) atoms. The van der Waals surface area contributed by atoms with E-state index >= 15 is 0 Å². The van der Waals surface area contributed by atoms with E-state index in [1.165, 1.54) is 25.7 Å². The Balaban J connectivity index is 0.00000320. The summed E-state index contributed by atoms with van der Waals surface area (Å²) in [4.78, 5) is 4.81. The standard InChI is InChI=1S/C21H32N6O2.HI/c1-4-20-26-24-15-27(20)12-11-22-21(25-17-7-5-6-8-17)23-14-16-9-10-18(28-2)19(13-16)29-3;/h9-10,13,15,17H,4-8,11-12,14H2,1-3H3,(H2,22,23,25);1H. The van der Waals surface area contributed by atoms with Crippen molar-refractivity contribution in [2.24, 2.45) is 4.99 Å². The molecule has 0 aliphatic heterocycles. The van der Waals surface area contributed by atoms with Crippen LogP contribution in [0.1, 0.15) is 44.0 Å². The van der Waals surface area contributed by atoms with Crippen LogP contribution in [0, 0.1) is 0 Å². The molecule has 1 aliphatic carbocycles. The zero-order valence-electron chi connectivity index (χ0n) is 18.1. The van der Waals surface area contributed by atoms with E-state index in [1.54, 1.807) is 20.5 Å². The van der Waals surface area contributed by atoms with Gasteiger partial charge in [-0.05, 0) is 30.5 Å². The number of halogens is 1. The summed E-state index contributed by atoms with van der Waals surface area (Å²) < 4.78 is 12.8. The summed E-state index contributed by atoms with van der Waals surface area (Å²) in [5.41, 5.74) is 1.07. The van der Waals surface area contributed by atoms with Crippen LogP contribution in [0.4, 0.5) is 0 Å². The number of hydrogen-bond donors (Lipinski definition) is 2. The van der Waals surface area contributed by atoms with Gasteiger partial charge in [0.25, 0.3) is 0 Å². The predicted molar refractivity (Wildman–Crippen MR) is 129 cm³/mol. The lowest BCUT2D eigenvalue weighted by molar-refractivity contribution is 0.354. The molecular weight excluding hydrogens is 495 g/mol. The van der Waals surface area contributed by atoms with Gasteiger partial charge in [0.05, 0.1) is 20.8 Å². The molecule has 1 fully saturated rings. The molecule has 1 aromatic heterocycles. The van der Waals surface area contributed by atoms with Gasteiger partial charge in [-0.15, -0.1) is 34.2 Å². The molecule has 0 saturated heterocycles. The van der Waals surface area contributed by atoms with E-state index < -0.39 is 0 Å². The number of aliphatic imine (C=N–C) groups is 1. The third kappa shape index (κ3) is 6.75. The molecule has 1 aliphatic rings. The summed E-state index contributed by atoms with van der Waals surface area (Å²) in [6.45, 7) is 4.22. The maximum absolute atomic E-state index is 5.40. The molecule has 1 saturated carbocycles. The maximum Gasteiger partial charge on any atom is 0.191 e. The van der Waals surface area contributed by atoms with Gasteiger partial charge in [-0.1, -0.05) is 25.8 Å². The lowest BCUT2D eigenvalue weighted by atomic mass is 10.2. The van der Waals surface area contributed by atoms with Gasteiger partial charge in [0.2, 0.25) is 0 Å². The van der Waals surface area contributed by atoms with Crippen LogP contribution in [0.25, 0.3) is 0 Å². The minimum Gasteiger partial charge on any atom is -0.493 e. The zero-order valence-corrected chi connectivity index (χ0v) is 20.4. The van der Waals surface area contributed by atoms with Crippen molar-refractivity contribution < 1.29 is 9.47 Å². The third-order valence-corrected chi connectivity index (χ3v) is 5.22. The summed E-state index contributed by atoms with van der Waals surface area (Å²) in [5, 5.41) is 15.2. The van der Waals surface area contributed by atoms with Gasteiger partial charge < -0.3 is 24.7 Å². The molecule has 2 aromatic rings. The van der Waals surface area contributed by atoms with E-state index in [1.807, 2.05) is 18.2 Å². The van der Waals surface area contributed by atoms with Gasteiger partial charge in [0.15, 0.2) is 17.5 Å². The van der Waals surface area contributed by atoms with Crippen LogP contribution in [0.3, 0.4) is 0 Å². The average molecular weight is 528 g/mol. The Kier molecular flexibility index (Phi) is 10.2. The Morgan fingerprint density at radius 2 is 1.97 bits per heavy atom. The van der Waals surface area contributed by atoms with Crippen molar-refractivity contribution in [2.75, 3.05) is 20.8 Å². The van der Waals surface area contributed by atoms with E-state index in [0.717, 1.165) is 48.4 Å². The van der Waals surface area contributed by atoms with Crippen molar-refractivity contribution in [2.45, 2.75) is 58.2 Å². The van der Waals surface area contributed by atoms with Crippen LogP contribution in [-0.4, -0.2) is 47.5 Å². The normalized spacial score (nSPS) is 14.3. The van der Waals surface area contributed by atoms with Crippen LogP contribution in [0.15, 0.2) is 29.5 Å². The van der Waals surface area contributed by atoms with Crippen molar-refractivity contribution in [3.63, 3.8) is 0 Å². The number of aromatic nitrogens is 3. The molecule has 2 N–H and O–H groups in total. The second-order valence-electron chi connectivity index (χ2n) is 7.20. The van der Waals surface area contributed by atoms with E-state index in [9.17, 15) is 0 Å². The molecule has 0 unspecified atom stereocenters. The van der Waals surface area contributed by atoms with Crippen LogP contribution in [0.2, 0.25) is 0 Å². The summed E-state index contributed by atoms with van der Waals surface area (Å²) in [6, 6.07) is 6.40. The van der Waals surface area contributed by atoms with Crippen LogP contribution < -0.4 is 20.1 Å². The van der Waals surface area contributed by atoms with Gasteiger partial charge in [-0.2, -0.15) is 0 Å². The average Bonchev–Trinajstić information content (AvgIpc) is 3.43. The SMILES string of the molecule is CCc1nncn1CCNC(=NCc1ccc(OC)c(OC)c1)NC1CCCC1.I. The van der Waals surface area contributed by atoms with Crippen LogP contribution in [-0.2, 0) is 19.5 Å². The molecule has 0 amide bonds. The number of nitrogens with one attached hydrogen (secondary N) is 2. The summed E-state index contributed by atoms with van der Waals surface area (Å²) in [6.07, 6.45) is 7.61. The van der Waals surface area contributed by atoms with Crippen LogP contribution in [0.5, 0.6) is 11.5 Å². The summed E-state index contributed by atoms with van der Waals surface area (Å²) >= 11 is 0. The third-order valence-electron chi connectivity index (χ3n) is 5.22. The number of aryl methyl sites for hydroxylation is 1. The number of benzene rings is 1. The highest BCUT2D eigenvalue weighted by atomic mass is 127. The number of rotatable bonds is 9. The molecule has 8 nitrogen and oxygen atoms in total. The fraction of sp³-hybridized carbons (Fsp3) is 0.571. The molecule has 3 rings (SSSR count). The first-order valence-electron chi connectivity index (χ1n) is 10.4. The lowest BCUT2D eigenvalue weighted by Crippen LogP contribution is -2.43. The zero-order chi connectivity index (χ0) is 20.5. The number of hydrogen-bond acceptors (Lipinski definition) is 5. The Labute approximate surface area is 195 Å². The van der Waals surface area contributed by atoms with E-state index in [0.29, 0.717) is 12.6 Å². The van der Waals surface area contributed by atoms with Gasteiger partial charge in [0.1, 0.15) is 12.2 Å². The van der Waals surface area contributed by atoms with Crippen molar-refractivity contribution in [3.05, 3.63) is 35.9 Å². The monoisotopic (exact) mass is 528 g/mol. The Hall–Kier alpha value is -2.04. The molecule has 0 atom stereocenters. The smallest absolute Gasteiger partial charge is 0.191 e.